The highest BCUT2D eigenvalue weighted by molar-refractivity contribution is 9.09. The Balaban J connectivity index is 2.16. The molecule has 2 N–H and O–H groups in total. The first-order valence-corrected chi connectivity index (χ1v) is 14.5. The summed E-state index contributed by atoms with van der Waals surface area (Å²) >= 11 is 3.13. The van der Waals surface area contributed by atoms with Crippen molar-refractivity contribution in [1.82, 2.24) is 25.6 Å². The second-order valence-corrected chi connectivity index (χ2v) is 10.5. The van der Waals surface area contributed by atoms with Gasteiger partial charge in [-0.2, -0.15) is 0 Å². The van der Waals surface area contributed by atoms with Gasteiger partial charge >= 0.3 is 0 Å². The van der Waals surface area contributed by atoms with Crippen molar-refractivity contribution in [1.29, 1.82) is 0 Å². The minimum atomic E-state index is -0.0797. The average molecular weight is 589 g/mol. The summed E-state index contributed by atoms with van der Waals surface area (Å²) in [5.74, 6) is 0.444. The van der Waals surface area contributed by atoms with E-state index in [1.54, 1.807) is 11.6 Å². The van der Waals surface area contributed by atoms with E-state index in [1.165, 1.54) is 0 Å². The van der Waals surface area contributed by atoms with Gasteiger partial charge in [-0.05, 0) is 59.3 Å². The van der Waals surface area contributed by atoms with E-state index >= 15 is 0 Å². The molecule has 0 aliphatic heterocycles. The van der Waals surface area contributed by atoms with E-state index in [2.05, 4.69) is 43.8 Å². The first-order chi connectivity index (χ1) is 17.6. The molecule has 0 aromatic carbocycles. The summed E-state index contributed by atoms with van der Waals surface area (Å²) in [5, 5.41) is 14.5. The Morgan fingerprint density at radius 3 is 2.41 bits per heavy atom. The number of nitrogens with one attached hydrogen (secondary N) is 2. The van der Waals surface area contributed by atoms with Crippen molar-refractivity contribution in [2.24, 2.45) is 5.92 Å². The largest absolute Gasteiger partial charge is 0.378 e. The molecule has 11 heteroatoms. The molecule has 0 aliphatic rings. The highest BCUT2D eigenvalue weighted by Gasteiger charge is 2.12. The molecule has 0 radical (unpaired) electrons. The number of aromatic nitrogens is 3. The van der Waals surface area contributed by atoms with Gasteiger partial charge in [-0.1, -0.05) is 28.1 Å². The number of nitrogens with zero attached hydrogens (tertiary/aromatic N) is 3. The molecule has 0 aliphatic carbocycles. The van der Waals surface area contributed by atoms with Gasteiger partial charge in [-0.25, -0.2) is 4.68 Å². The van der Waals surface area contributed by atoms with Gasteiger partial charge in [0.05, 0.1) is 29.3 Å². The highest BCUT2D eigenvalue weighted by atomic mass is 79.9. The van der Waals surface area contributed by atoms with Gasteiger partial charge < -0.3 is 20.1 Å². The molecule has 1 heterocycles. The van der Waals surface area contributed by atoms with Crippen LogP contribution < -0.4 is 10.6 Å². The maximum absolute atomic E-state index is 12.3. The molecular weight excluding hydrogens is 542 g/mol. The number of carbonyl (C=O) groups is 3. The van der Waals surface area contributed by atoms with Crippen molar-refractivity contribution in [2.45, 2.75) is 97.8 Å². The topological polar surface area (TPSA) is 124 Å². The molecule has 1 aromatic heterocycles. The molecule has 1 rings (SSSR count). The number of carbonyl (C=O) groups excluding carboxylic acids is 3. The Bertz CT molecular complexity index is 806. The number of rotatable bonds is 21. The van der Waals surface area contributed by atoms with Gasteiger partial charge in [0.25, 0.3) is 0 Å². The van der Waals surface area contributed by atoms with E-state index in [0.29, 0.717) is 56.8 Å². The van der Waals surface area contributed by atoms with Crippen LogP contribution in [0.1, 0.15) is 84.9 Å². The minimum Gasteiger partial charge on any atom is -0.378 e. The van der Waals surface area contributed by atoms with E-state index in [-0.39, 0.29) is 35.8 Å². The second-order valence-electron chi connectivity index (χ2n) is 9.92. The lowest BCUT2D eigenvalue weighted by atomic mass is 10.1. The lowest BCUT2D eigenvalue weighted by molar-refractivity contribution is -0.121. The molecule has 0 spiro atoms. The summed E-state index contributed by atoms with van der Waals surface area (Å²) in [4.78, 5) is 34.6. The van der Waals surface area contributed by atoms with Crippen molar-refractivity contribution in [2.75, 3.05) is 31.6 Å². The summed E-state index contributed by atoms with van der Waals surface area (Å²) in [5.41, 5.74) is 0.787. The Kier molecular flexibility index (Phi) is 17.3. The van der Waals surface area contributed by atoms with Crippen LogP contribution in [-0.2, 0) is 30.3 Å². The zero-order chi connectivity index (χ0) is 27.6. The second kappa shape index (κ2) is 19.3. The van der Waals surface area contributed by atoms with Crippen molar-refractivity contribution in [3.63, 3.8) is 0 Å². The van der Waals surface area contributed by atoms with Gasteiger partial charge in [0.15, 0.2) is 0 Å². The van der Waals surface area contributed by atoms with Crippen LogP contribution in [0.15, 0.2) is 6.20 Å². The first-order valence-electron chi connectivity index (χ1n) is 13.3. The molecule has 4 unspecified atom stereocenters. The van der Waals surface area contributed by atoms with Crippen molar-refractivity contribution >= 4 is 33.5 Å². The van der Waals surface area contributed by atoms with Crippen LogP contribution in [0, 0.1) is 5.92 Å². The number of halogens is 1. The van der Waals surface area contributed by atoms with E-state index in [0.717, 1.165) is 31.4 Å². The molecule has 0 saturated heterocycles. The van der Waals surface area contributed by atoms with Crippen LogP contribution in [0.2, 0.25) is 0 Å². The maximum atomic E-state index is 12.3. The number of aryl methyl sites for hydroxylation is 1. The van der Waals surface area contributed by atoms with Gasteiger partial charge in [0.1, 0.15) is 5.78 Å². The Morgan fingerprint density at radius 1 is 1.00 bits per heavy atom. The fourth-order valence-corrected chi connectivity index (χ4v) is 3.82. The van der Waals surface area contributed by atoms with Crippen molar-refractivity contribution in [3.8, 4) is 0 Å². The van der Waals surface area contributed by atoms with Crippen molar-refractivity contribution in [3.05, 3.63) is 11.9 Å². The van der Waals surface area contributed by atoms with Crippen LogP contribution in [0.25, 0.3) is 0 Å². The number of alkyl halides is 1. The number of amides is 2. The van der Waals surface area contributed by atoms with E-state index in [9.17, 15) is 14.4 Å². The third-order valence-electron chi connectivity index (χ3n) is 6.02. The summed E-state index contributed by atoms with van der Waals surface area (Å²) in [7, 11) is 0. The molecule has 10 nitrogen and oxygen atoms in total. The fraction of sp³-hybridized carbons (Fsp3) is 0.808. The quantitative estimate of drug-likeness (QED) is 0.167. The number of ether oxygens (including phenoxy) is 2. The fourth-order valence-electron chi connectivity index (χ4n) is 3.62. The van der Waals surface area contributed by atoms with Crippen LogP contribution in [0.4, 0.5) is 0 Å². The molecule has 0 saturated carbocycles. The highest BCUT2D eigenvalue weighted by Crippen LogP contribution is 2.12. The lowest BCUT2D eigenvalue weighted by Gasteiger charge is -2.16. The predicted octanol–water partition coefficient (Wildman–Crippen LogP) is 3.38. The Morgan fingerprint density at radius 2 is 1.70 bits per heavy atom. The molecule has 0 bridgehead atoms. The van der Waals surface area contributed by atoms with Crippen LogP contribution in [-0.4, -0.2) is 76.4 Å². The van der Waals surface area contributed by atoms with Crippen LogP contribution in [0.5, 0.6) is 0 Å². The van der Waals surface area contributed by atoms with E-state index < -0.39 is 0 Å². The lowest BCUT2D eigenvalue weighted by Crippen LogP contribution is -2.29. The summed E-state index contributed by atoms with van der Waals surface area (Å²) in [6, 6.07) is 0.116. The average Bonchev–Trinajstić information content (AvgIpc) is 3.32. The number of hydrogen-bond acceptors (Lipinski definition) is 7. The molecular formula is C26H46BrN5O5. The SMILES string of the molecule is CC(=O)CC(C)OCCC(C)n1cc(CCC(=O)NCC(C)CCOC(C)CCCNC(=O)CBr)nn1. The zero-order valence-corrected chi connectivity index (χ0v) is 24.7. The van der Waals surface area contributed by atoms with Crippen LogP contribution >= 0.6 is 15.9 Å². The number of hydrogen-bond donors (Lipinski definition) is 2. The minimum absolute atomic E-state index is 0.000294. The van der Waals surface area contributed by atoms with E-state index in [1.807, 2.05) is 27.0 Å². The molecule has 4 atom stereocenters. The number of ketones is 1. The smallest absolute Gasteiger partial charge is 0.230 e. The predicted molar refractivity (Wildman–Crippen MR) is 147 cm³/mol. The molecule has 212 valence electrons. The normalized spacial score (nSPS) is 14.5. The molecule has 2 amide bonds. The first kappa shape index (κ1) is 33.2. The third-order valence-corrected chi connectivity index (χ3v) is 6.53. The number of Topliss-reactive ketones (excluding diaryl/α,β-unsaturated/α-hetero) is 1. The third kappa shape index (κ3) is 16.6. The summed E-state index contributed by atoms with van der Waals surface area (Å²) in [6.07, 6.45) is 6.69. The Labute approximate surface area is 230 Å². The van der Waals surface area contributed by atoms with Gasteiger partial charge in [-0.15, -0.1) is 5.10 Å². The Hall–Kier alpha value is -1.85. The van der Waals surface area contributed by atoms with Crippen LogP contribution in [0.3, 0.4) is 0 Å². The van der Waals surface area contributed by atoms with Gasteiger partial charge in [0.2, 0.25) is 11.8 Å². The molecule has 37 heavy (non-hydrogen) atoms. The maximum Gasteiger partial charge on any atom is 0.230 e. The standard InChI is InChI=1S/C26H46BrN5O5/c1-19(10-13-36-22(4)7-6-12-28-26(35)16-27)17-29-25(34)9-8-24-18-32(31-30-24)20(2)11-14-37-23(5)15-21(3)33/h18-20,22-23H,6-17H2,1-5H3,(H,28,35)(H,29,34). The molecule has 0 fully saturated rings. The zero-order valence-electron chi connectivity index (χ0n) is 23.1. The monoisotopic (exact) mass is 587 g/mol. The van der Waals surface area contributed by atoms with Crippen molar-refractivity contribution < 1.29 is 23.9 Å². The van der Waals surface area contributed by atoms with Gasteiger partial charge in [0, 0.05) is 51.8 Å². The summed E-state index contributed by atoms with van der Waals surface area (Å²) < 4.78 is 13.3. The molecule has 1 aromatic rings. The summed E-state index contributed by atoms with van der Waals surface area (Å²) in [6.45, 7) is 12.1. The van der Waals surface area contributed by atoms with E-state index in [4.69, 9.17) is 9.47 Å². The van der Waals surface area contributed by atoms with Gasteiger partial charge in [-0.3, -0.25) is 14.4 Å².